The zero-order valence-electron chi connectivity index (χ0n) is 19.1. The van der Waals surface area contributed by atoms with E-state index in [1.165, 1.54) is 16.8 Å². The van der Waals surface area contributed by atoms with Crippen LogP contribution in [-0.4, -0.2) is 100 Å². The van der Waals surface area contributed by atoms with E-state index in [0.717, 1.165) is 11.3 Å². The Morgan fingerprint density at radius 1 is 1.06 bits per heavy atom. The number of amides is 4. The standard InChI is InChI=1S/C22H27N7O3S/c1-5-27-15-16(28(6-2)20(27)32)24-29-18(31)22(33-19(29)23-15)12-25(3)11-21(22)13-9-7-8-10-14(13)26(4)17(21)30/h7-10,15-16,24H,5-6,11-12H2,1-4H3. The van der Waals surface area contributed by atoms with Gasteiger partial charge in [-0.25, -0.2) is 14.8 Å². The Hall–Kier alpha value is -2.63. The Balaban J connectivity index is 1.49. The van der Waals surface area contributed by atoms with Gasteiger partial charge in [0.05, 0.1) is 0 Å². The Labute approximate surface area is 196 Å². The van der Waals surface area contributed by atoms with Crippen LogP contribution in [0.15, 0.2) is 29.3 Å². The third-order valence-electron chi connectivity index (χ3n) is 7.70. The molecule has 5 aliphatic rings. The molecule has 1 aromatic rings. The van der Waals surface area contributed by atoms with Gasteiger partial charge < -0.3 is 14.7 Å². The van der Waals surface area contributed by atoms with Crippen LogP contribution < -0.4 is 10.3 Å². The van der Waals surface area contributed by atoms with Gasteiger partial charge in [0.15, 0.2) is 11.3 Å². The zero-order chi connectivity index (χ0) is 23.3. The molecule has 4 unspecified atom stereocenters. The van der Waals surface area contributed by atoms with Gasteiger partial charge in [-0.05, 0) is 32.5 Å². The van der Waals surface area contributed by atoms with Crippen molar-refractivity contribution in [2.45, 2.75) is 36.3 Å². The lowest BCUT2D eigenvalue weighted by Crippen LogP contribution is -2.64. The van der Waals surface area contributed by atoms with Crippen molar-refractivity contribution in [2.24, 2.45) is 4.99 Å². The maximum absolute atomic E-state index is 14.2. The van der Waals surface area contributed by atoms with Crippen molar-refractivity contribution in [3.8, 4) is 0 Å². The quantitative estimate of drug-likeness (QED) is 0.677. The minimum Gasteiger partial charge on any atom is -0.314 e. The molecule has 0 radical (unpaired) electrons. The smallest absolute Gasteiger partial charge is 0.314 e. The van der Waals surface area contributed by atoms with Gasteiger partial charge in [-0.15, -0.1) is 0 Å². The van der Waals surface area contributed by atoms with E-state index in [0.29, 0.717) is 31.3 Å². The molecule has 10 nitrogen and oxygen atoms in total. The number of amidine groups is 1. The van der Waals surface area contributed by atoms with Crippen LogP contribution in [0.25, 0.3) is 0 Å². The summed E-state index contributed by atoms with van der Waals surface area (Å²) in [7, 11) is 3.74. The lowest BCUT2D eigenvalue weighted by Gasteiger charge is -2.36. The Morgan fingerprint density at radius 3 is 2.52 bits per heavy atom. The molecule has 4 atom stereocenters. The van der Waals surface area contributed by atoms with E-state index in [9.17, 15) is 14.4 Å². The summed E-state index contributed by atoms with van der Waals surface area (Å²) in [6.07, 6.45) is -0.830. The Bertz CT molecular complexity index is 1130. The SMILES string of the molecule is CCN1C(=O)N(CC)C2NN3C(=O)C4(CN(C)CC45C(=O)N(C)c4ccccc45)SC3=NC21. The number of likely N-dealkylation sites (N-methyl/N-ethyl adjacent to an activating group) is 4. The van der Waals surface area contributed by atoms with Gasteiger partial charge in [0, 0.05) is 38.9 Å². The number of anilines is 1. The molecule has 2 spiro atoms. The summed E-state index contributed by atoms with van der Waals surface area (Å²) in [6, 6.07) is 7.68. The first-order valence-corrected chi connectivity index (χ1v) is 12.1. The van der Waals surface area contributed by atoms with Crippen molar-refractivity contribution in [1.29, 1.82) is 0 Å². The fraction of sp³-hybridized carbons (Fsp3) is 0.545. The number of hydrogen-bond donors (Lipinski definition) is 1. The van der Waals surface area contributed by atoms with E-state index in [1.54, 1.807) is 21.7 Å². The number of nitrogens with one attached hydrogen (secondary N) is 1. The number of thioether (sulfide) groups is 1. The largest absolute Gasteiger partial charge is 0.323 e. The van der Waals surface area contributed by atoms with E-state index < -0.39 is 22.5 Å². The highest BCUT2D eigenvalue weighted by atomic mass is 32.2. The second-order valence-electron chi connectivity index (χ2n) is 9.28. The van der Waals surface area contributed by atoms with Gasteiger partial charge in [0.2, 0.25) is 5.91 Å². The summed E-state index contributed by atoms with van der Waals surface area (Å²) in [4.78, 5) is 53.0. The minimum atomic E-state index is -1.04. The summed E-state index contributed by atoms with van der Waals surface area (Å²) in [5.41, 5.74) is 4.04. The van der Waals surface area contributed by atoms with E-state index in [1.807, 2.05) is 45.2 Å². The first-order chi connectivity index (χ1) is 15.8. The summed E-state index contributed by atoms with van der Waals surface area (Å²) < 4.78 is -1.04. The zero-order valence-corrected chi connectivity index (χ0v) is 19.9. The van der Waals surface area contributed by atoms with E-state index >= 15 is 0 Å². The van der Waals surface area contributed by atoms with Gasteiger partial charge in [0.25, 0.3) is 5.91 Å². The molecule has 5 aliphatic heterocycles. The number of hydrogen-bond acceptors (Lipinski definition) is 7. The van der Waals surface area contributed by atoms with Crippen LogP contribution in [0.3, 0.4) is 0 Å². The monoisotopic (exact) mass is 469 g/mol. The summed E-state index contributed by atoms with van der Waals surface area (Å²) >= 11 is 1.37. The van der Waals surface area contributed by atoms with E-state index in [2.05, 4.69) is 10.3 Å². The highest BCUT2D eigenvalue weighted by Crippen LogP contribution is 2.60. The summed E-state index contributed by atoms with van der Waals surface area (Å²) in [5, 5.41) is 2.02. The highest BCUT2D eigenvalue weighted by molar-refractivity contribution is 8.16. The molecule has 174 valence electrons. The van der Waals surface area contributed by atoms with Crippen LogP contribution in [0.1, 0.15) is 19.4 Å². The van der Waals surface area contributed by atoms with Crippen LogP contribution in [0, 0.1) is 0 Å². The molecular formula is C22H27N7O3S. The first-order valence-electron chi connectivity index (χ1n) is 11.3. The predicted octanol–water partition coefficient (Wildman–Crippen LogP) is 0.464. The number of carbonyl (C=O) groups excluding carboxylic acids is 3. The fourth-order valence-electron chi connectivity index (χ4n) is 6.27. The van der Waals surface area contributed by atoms with Gasteiger partial charge in [0.1, 0.15) is 16.3 Å². The molecule has 1 N–H and O–H groups in total. The van der Waals surface area contributed by atoms with Crippen molar-refractivity contribution in [2.75, 3.05) is 45.2 Å². The number of aliphatic imine (C=N–C) groups is 1. The maximum Gasteiger partial charge on any atom is 0.323 e. The van der Waals surface area contributed by atoms with Gasteiger partial charge in [-0.1, -0.05) is 30.0 Å². The Kier molecular flexibility index (Phi) is 4.26. The fourth-order valence-corrected chi connectivity index (χ4v) is 7.87. The van der Waals surface area contributed by atoms with E-state index in [-0.39, 0.29) is 17.8 Å². The average molecular weight is 470 g/mol. The van der Waals surface area contributed by atoms with Gasteiger partial charge in [-0.3, -0.25) is 14.5 Å². The number of urea groups is 1. The molecule has 0 aromatic heterocycles. The first kappa shape index (κ1) is 20.9. The molecular weight excluding hydrogens is 442 g/mol. The van der Waals surface area contributed by atoms with Crippen molar-refractivity contribution in [3.63, 3.8) is 0 Å². The van der Waals surface area contributed by atoms with Crippen molar-refractivity contribution < 1.29 is 14.4 Å². The lowest BCUT2D eigenvalue weighted by molar-refractivity contribution is -0.137. The molecule has 11 heteroatoms. The molecule has 1 aromatic carbocycles. The number of carbonyl (C=O) groups is 3. The number of likely N-dealkylation sites (tertiary alicyclic amines) is 1. The molecule has 3 fully saturated rings. The highest BCUT2D eigenvalue weighted by Gasteiger charge is 2.75. The van der Waals surface area contributed by atoms with Crippen LogP contribution in [0.4, 0.5) is 10.5 Å². The molecule has 0 aliphatic carbocycles. The van der Waals surface area contributed by atoms with Gasteiger partial charge in [-0.2, -0.15) is 5.43 Å². The second-order valence-corrected chi connectivity index (χ2v) is 10.5. The molecule has 5 heterocycles. The number of para-hydroxylation sites is 1. The van der Waals surface area contributed by atoms with Crippen LogP contribution in [0.5, 0.6) is 0 Å². The summed E-state index contributed by atoms with van der Waals surface area (Å²) in [5.74, 6) is -0.235. The molecule has 4 amide bonds. The molecule has 6 rings (SSSR count). The number of nitrogens with zero attached hydrogens (tertiary/aromatic N) is 6. The van der Waals surface area contributed by atoms with Crippen molar-refractivity contribution in [3.05, 3.63) is 29.8 Å². The van der Waals surface area contributed by atoms with Crippen molar-refractivity contribution in [1.82, 2.24) is 25.1 Å². The molecule has 0 bridgehead atoms. The number of benzene rings is 1. The third kappa shape index (κ3) is 2.27. The number of rotatable bonds is 2. The van der Waals surface area contributed by atoms with Crippen molar-refractivity contribution >= 4 is 40.5 Å². The number of hydrazine groups is 1. The normalized spacial score (nSPS) is 35.3. The average Bonchev–Trinajstić information content (AvgIpc) is 3.43. The molecule has 0 saturated carbocycles. The maximum atomic E-state index is 14.2. The predicted molar refractivity (Wildman–Crippen MR) is 124 cm³/mol. The van der Waals surface area contributed by atoms with Crippen LogP contribution in [-0.2, 0) is 15.0 Å². The van der Waals surface area contributed by atoms with Gasteiger partial charge >= 0.3 is 6.03 Å². The van der Waals surface area contributed by atoms with Crippen LogP contribution in [0.2, 0.25) is 0 Å². The van der Waals surface area contributed by atoms with Crippen LogP contribution >= 0.6 is 11.8 Å². The molecule has 3 saturated heterocycles. The summed E-state index contributed by atoms with van der Waals surface area (Å²) in [6.45, 7) is 5.79. The second kappa shape index (κ2) is 6.71. The third-order valence-corrected chi connectivity index (χ3v) is 9.17. The minimum absolute atomic E-state index is 0.0601. The topological polar surface area (TPSA) is 91.8 Å². The molecule has 33 heavy (non-hydrogen) atoms. The van der Waals surface area contributed by atoms with E-state index in [4.69, 9.17) is 4.99 Å². The number of fused-ring (bicyclic) bond motifs is 5. The lowest BCUT2D eigenvalue weighted by atomic mass is 9.72. The Morgan fingerprint density at radius 2 is 1.79 bits per heavy atom.